The second-order valence-electron chi connectivity index (χ2n) is 7.04. The summed E-state index contributed by atoms with van der Waals surface area (Å²) in [5, 5.41) is 2.82. The van der Waals surface area contributed by atoms with E-state index in [0.717, 1.165) is 29.3 Å². The van der Waals surface area contributed by atoms with Gasteiger partial charge in [0.1, 0.15) is 5.75 Å². The van der Waals surface area contributed by atoms with Gasteiger partial charge in [-0.3, -0.25) is 4.79 Å². The van der Waals surface area contributed by atoms with Crippen molar-refractivity contribution < 1.29 is 17.9 Å². The number of ether oxygens (including phenoxy) is 1. The van der Waals surface area contributed by atoms with E-state index in [1.165, 1.54) is 0 Å². The smallest absolute Gasteiger partial charge is 0.261 e. The molecule has 1 aliphatic heterocycles. The predicted molar refractivity (Wildman–Crippen MR) is 115 cm³/mol. The maximum atomic E-state index is 12.7. The molecule has 156 valence electrons. The molecule has 0 bridgehead atoms. The van der Waals surface area contributed by atoms with Crippen molar-refractivity contribution in [1.29, 1.82) is 0 Å². The lowest BCUT2D eigenvalue weighted by molar-refractivity contribution is -0.127. The van der Waals surface area contributed by atoms with Crippen molar-refractivity contribution in [3.05, 3.63) is 58.6 Å². The maximum Gasteiger partial charge on any atom is 0.261 e. The van der Waals surface area contributed by atoms with Gasteiger partial charge < -0.3 is 10.1 Å². The van der Waals surface area contributed by atoms with Crippen molar-refractivity contribution in [1.82, 2.24) is 9.62 Å². The van der Waals surface area contributed by atoms with Crippen LogP contribution in [0.3, 0.4) is 0 Å². The Balaban J connectivity index is 1.54. The van der Waals surface area contributed by atoms with Gasteiger partial charge in [0.2, 0.25) is 10.0 Å². The number of carbonyl (C=O) groups is 1. The fourth-order valence-corrected chi connectivity index (χ4v) is 4.92. The average Bonchev–Trinajstić information content (AvgIpc) is 2.74. The van der Waals surface area contributed by atoms with Crippen LogP contribution >= 0.6 is 15.9 Å². The number of rotatable bonds is 7. The quantitative estimate of drug-likeness (QED) is 0.655. The maximum absolute atomic E-state index is 12.7. The van der Waals surface area contributed by atoms with Crippen LogP contribution in [0.2, 0.25) is 0 Å². The van der Waals surface area contributed by atoms with Crippen LogP contribution in [0.4, 0.5) is 0 Å². The molecule has 2 aromatic carbocycles. The van der Waals surface area contributed by atoms with Crippen LogP contribution in [0.15, 0.2) is 57.9 Å². The first-order chi connectivity index (χ1) is 13.9. The van der Waals surface area contributed by atoms with Crippen LogP contribution < -0.4 is 10.1 Å². The lowest BCUT2D eigenvalue weighted by Gasteiger charge is -2.25. The Hall–Kier alpha value is -1.90. The number of benzene rings is 2. The Morgan fingerprint density at radius 3 is 2.31 bits per heavy atom. The van der Waals surface area contributed by atoms with Crippen molar-refractivity contribution in [2.75, 3.05) is 13.1 Å². The molecular formula is C21H25BrN2O4S. The highest BCUT2D eigenvalue weighted by molar-refractivity contribution is 9.10. The van der Waals surface area contributed by atoms with Crippen LogP contribution in [-0.2, 0) is 21.4 Å². The molecule has 1 atom stereocenters. The summed E-state index contributed by atoms with van der Waals surface area (Å²) in [6.07, 6.45) is 2.25. The number of sulfonamides is 1. The van der Waals surface area contributed by atoms with Crippen molar-refractivity contribution >= 4 is 31.9 Å². The highest BCUT2D eigenvalue weighted by atomic mass is 79.9. The minimum absolute atomic E-state index is 0.238. The Bertz CT molecular complexity index is 924. The number of halogens is 1. The molecule has 0 radical (unpaired) electrons. The monoisotopic (exact) mass is 480 g/mol. The summed E-state index contributed by atoms with van der Waals surface area (Å²) in [4.78, 5) is 12.6. The minimum Gasteiger partial charge on any atom is -0.481 e. The summed E-state index contributed by atoms with van der Waals surface area (Å²) in [7, 11) is -3.44. The lowest BCUT2D eigenvalue weighted by Crippen LogP contribution is -2.36. The van der Waals surface area contributed by atoms with Crippen molar-refractivity contribution in [3.63, 3.8) is 0 Å². The van der Waals surface area contributed by atoms with E-state index in [4.69, 9.17) is 4.74 Å². The number of nitrogens with zero attached hydrogens (tertiary/aromatic N) is 1. The van der Waals surface area contributed by atoms with Crippen LogP contribution in [0.1, 0.15) is 31.7 Å². The van der Waals surface area contributed by atoms with Crippen LogP contribution in [-0.4, -0.2) is 37.8 Å². The Morgan fingerprint density at radius 2 is 1.69 bits per heavy atom. The molecule has 29 heavy (non-hydrogen) atoms. The molecule has 1 heterocycles. The van der Waals surface area contributed by atoms with Gasteiger partial charge in [0.15, 0.2) is 6.10 Å². The Labute approximate surface area is 180 Å². The average molecular weight is 481 g/mol. The van der Waals surface area contributed by atoms with E-state index in [2.05, 4.69) is 21.2 Å². The minimum atomic E-state index is -3.44. The summed E-state index contributed by atoms with van der Waals surface area (Å²) < 4.78 is 33.5. The van der Waals surface area contributed by atoms with Gasteiger partial charge in [-0.15, -0.1) is 0 Å². The fourth-order valence-electron chi connectivity index (χ4n) is 3.14. The van der Waals surface area contributed by atoms with E-state index in [1.54, 1.807) is 47.6 Å². The molecule has 0 aromatic heterocycles. The van der Waals surface area contributed by atoms with Gasteiger partial charge in [0.05, 0.1) is 4.90 Å². The van der Waals surface area contributed by atoms with Gasteiger partial charge in [0, 0.05) is 24.1 Å². The molecule has 6 nitrogen and oxygen atoms in total. The van der Waals surface area contributed by atoms with E-state index < -0.39 is 16.1 Å². The summed E-state index contributed by atoms with van der Waals surface area (Å²) in [5.41, 5.74) is 0.826. The number of nitrogens with one attached hydrogen (secondary N) is 1. The zero-order valence-electron chi connectivity index (χ0n) is 16.3. The van der Waals surface area contributed by atoms with Crippen LogP contribution in [0, 0.1) is 0 Å². The number of hydrogen-bond acceptors (Lipinski definition) is 4. The van der Waals surface area contributed by atoms with Crippen LogP contribution in [0.5, 0.6) is 5.75 Å². The SMILES string of the molecule is CC(Oc1ccc(Br)cc1)C(=O)NCc1ccc(S(=O)(=O)N2CCCCC2)cc1. The first-order valence-electron chi connectivity index (χ1n) is 9.65. The molecular weight excluding hydrogens is 456 g/mol. The Morgan fingerprint density at radius 1 is 1.07 bits per heavy atom. The summed E-state index contributed by atoms with van der Waals surface area (Å²) in [5.74, 6) is 0.376. The number of amides is 1. The third-order valence-electron chi connectivity index (χ3n) is 4.84. The topological polar surface area (TPSA) is 75.7 Å². The first kappa shape index (κ1) is 21.8. The zero-order chi connectivity index (χ0) is 20.9. The number of carbonyl (C=O) groups excluding carboxylic acids is 1. The Kier molecular flexibility index (Phi) is 7.32. The lowest BCUT2D eigenvalue weighted by atomic mass is 10.2. The highest BCUT2D eigenvalue weighted by Crippen LogP contribution is 2.21. The predicted octanol–water partition coefficient (Wildman–Crippen LogP) is 3.71. The van der Waals surface area contributed by atoms with Crippen LogP contribution in [0.25, 0.3) is 0 Å². The van der Waals surface area contributed by atoms with E-state index in [-0.39, 0.29) is 5.91 Å². The van der Waals surface area contributed by atoms with Crippen molar-refractivity contribution in [2.24, 2.45) is 0 Å². The molecule has 1 amide bonds. The molecule has 0 saturated carbocycles. The fraction of sp³-hybridized carbons (Fsp3) is 0.381. The standard InChI is InChI=1S/C21H25BrN2O4S/c1-16(28-19-9-7-18(22)8-10-19)21(25)23-15-17-5-11-20(12-6-17)29(26,27)24-13-3-2-4-14-24/h5-12,16H,2-4,13-15H2,1H3,(H,23,25). The molecule has 2 aromatic rings. The largest absolute Gasteiger partial charge is 0.481 e. The van der Waals surface area contributed by atoms with Gasteiger partial charge >= 0.3 is 0 Å². The normalized spacial score (nSPS) is 16.2. The second-order valence-corrected chi connectivity index (χ2v) is 9.89. The van der Waals surface area contributed by atoms with Gasteiger partial charge in [-0.25, -0.2) is 8.42 Å². The van der Waals surface area contributed by atoms with E-state index >= 15 is 0 Å². The molecule has 1 unspecified atom stereocenters. The number of hydrogen-bond donors (Lipinski definition) is 1. The second kappa shape index (κ2) is 9.73. The molecule has 8 heteroatoms. The van der Waals surface area contributed by atoms with Gasteiger partial charge in [-0.05, 0) is 61.7 Å². The molecule has 1 N–H and O–H groups in total. The molecule has 3 rings (SSSR count). The molecule has 0 spiro atoms. The third kappa shape index (κ3) is 5.81. The van der Waals surface area contributed by atoms with E-state index in [0.29, 0.717) is 30.3 Å². The third-order valence-corrected chi connectivity index (χ3v) is 7.28. The molecule has 0 aliphatic carbocycles. The molecule has 1 aliphatic rings. The summed E-state index contributed by atoms with van der Waals surface area (Å²) in [6.45, 7) is 3.15. The summed E-state index contributed by atoms with van der Waals surface area (Å²) in [6, 6.07) is 13.9. The first-order valence-corrected chi connectivity index (χ1v) is 11.9. The van der Waals surface area contributed by atoms with Crippen molar-refractivity contribution in [2.45, 2.75) is 43.7 Å². The van der Waals surface area contributed by atoms with Gasteiger partial charge in [-0.1, -0.05) is 34.5 Å². The zero-order valence-corrected chi connectivity index (χ0v) is 18.7. The molecule has 1 fully saturated rings. The highest BCUT2D eigenvalue weighted by Gasteiger charge is 2.25. The number of piperidine rings is 1. The van der Waals surface area contributed by atoms with Gasteiger partial charge in [-0.2, -0.15) is 4.31 Å². The van der Waals surface area contributed by atoms with E-state index in [9.17, 15) is 13.2 Å². The molecule has 1 saturated heterocycles. The van der Waals surface area contributed by atoms with E-state index in [1.807, 2.05) is 12.1 Å². The summed E-state index contributed by atoms with van der Waals surface area (Å²) >= 11 is 3.36. The van der Waals surface area contributed by atoms with Crippen molar-refractivity contribution in [3.8, 4) is 5.75 Å². The van der Waals surface area contributed by atoms with Gasteiger partial charge in [0.25, 0.3) is 5.91 Å².